The van der Waals surface area contributed by atoms with Crippen molar-refractivity contribution >= 4 is 59.6 Å². The second kappa shape index (κ2) is 12.3. The molecule has 50 heavy (non-hydrogen) atoms. The Kier molecular flexibility index (Phi) is 8.51. The Morgan fingerprint density at radius 1 is 0.700 bits per heavy atom. The Labute approximate surface area is 290 Å². The van der Waals surface area contributed by atoms with E-state index in [0.717, 1.165) is 22.4 Å². The molecule has 0 fully saturated rings. The van der Waals surface area contributed by atoms with E-state index >= 15 is 0 Å². The minimum atomic E-state index is -4.62. The highest BCUT2D eigenvalue weighted by molar-refractivity contribution is 7.86. The fourth-order valence-corrected chi connectivity index (χ4v) is 8.32. The molecule has 0 amide bonds. The van der Waals surface area contributed by atoms with Gasteiger partial charge in [0.05, 0.1) is 11.0 Å². The second-order valence-corrected chi connectivity index (χ2v) is 15.2. The summed E-state index contributed by atoms with van der Waals surface area (Å²) >= 11 is 0. The molecule has 0 saturated carbocycles. The average Bonchev–Trinajstić information content (AvgIpc) is 3.04. The number of nitrogen functional groups attached to an aromatic ring is 2. The van der Waals surface area contributed by atoms with Crippen LogP contribution >= 0.6 is 0 Å². The molecule has 0 atom stereocenters. The number of nitrogens with zero attached hydrogens (tertiary/aromatic N) is 1. The zero-order valence-corrected chi connectivity index (χ0v) is 29.8. The first-order chi connectivity index (χ1) is 23.4. The van der Waals surface area contributed by atoms with Crippen LogP contribution in [0.1, 0.15) is 33.4 Å². The predicted octanol–water partition coefficient (Wildman–Crippen LogP) is 7.69. The summed E-state index contributed by atoms with van der Waals surface area (Å²) in [6.07, 6.45) is 0. The van der Waals surface area contributed by atoms with Gasteiger partial charge in [-0.3, -0.25) is 9.11 Å². The summed E-state index contributed by atoms with van der Waals surface area (Å²) in [5.41, 5.74) is 20.8. The number of aryl methyl sites for hydroxylation is 2. The highest BCUT2D eigenvalue weighted by Crippen LogP contribution is 2.44. The topological polar surface area (TPSA) is 198 Å². The minimum absolute atomic E-state index is 0.184. The van der Waals surface area contributed by atoms with E-state index in [2.05, 4.69) is 5.32 Å². The van der Waals surface area contributed by atoms with Gasteiger partial charge in [0.1, 0.15) is 21.1 Å². The third-order valence-electron chi connectivity index (χ3n) is 9.14. The minimum Gasteiger partial charge on any atom is -0.456 e. The lowest BCUT2D eigenvalue weighted by atomic mass is 9.93. The largest absolute Gasteiger partial charge is 0.456 e. The summed E-state index contributed by atoms with van der Waals surface area (Å²) in [5, 5.41) is 4.41. The van der Waals surface area contributed by atoms with E-state index in [1.165, 1.54) is 19.1 Å². The van der Waals surface area contributed by atoms with E-state index in [-0.39, 0.29) is 37.9 Å². The molecule has 11 nitrogen and oxygen atoms in total. The number of fused-ring (bicyclic) bond motifs is 2. The highest BCUT2D eigenvalue weighted by Gasteiger charge is 2.25. The van der Waals surface area contributed by atoms with Crippen LogP contribution in [0.4, 0.5) is 28.4 Å². The quantitative estimate of drug-likeness (QED) is 0.0648. The van der Waals surface area contributed by atoms with Gasteiger partial charge in [-0.25, -0.2) is 4.99 Å². The Morgan fingerprint density at radius 3 is 2.08 bits per heavy atom. The van der Waals surface area contributed by atoms with Crippen LogP contribution in [0, 0.1) is 41.5 Å². The standard InChI is InChI=1S/C37H36N4O7S2/c1-18-15-19(2)35(20(3)33(18)38)40-24-11-13-26-29(16-24)48-30-17-25(41-36-21(4)34(39)22(5)37(23(36)6)50(45,46)47)12-14-27(30)32(26)28-9-7-8-10-31(28)49(42,43)44/h7-17,40H,38-39H2,1-6H3,(H,42,43,44)(H,45,46,47)/b41-25+. The molecule has 13 heteroatoms. The Balaban J connectivity index is 1.65. The van der Waals surface area contributed by atoms with Crippen LogP contribution < -0.4 is 22.1 Å². The molecule has 7 N–H and O–H groups in total. The average molecular weight is 713 g/mol. The number of benzene rings is 5. The van der Waals surface area contributed by atoms with Gasteiger partial charge < -0.3 is 21.2 Å². The van der Waals surface area contributed by atoms with Gasteiger partial charge in [-0.1, -0.05) is 24.3 Å². The summed E-state index contributed by atoms with van der Waals surface area (Å²) < 4.78 is 76.4. The Hall–Kier alpha value is -5.21. The molecule has 258 valence electrons. The van der Waals surface area contributed by atoms with Crippen LogP contribution in [0.3, 0.4) is 0 Å². The maximum Gasteiger partial charge on any atom is 0.295 e. The van der Waals surface area contributed by atoms with Crippen LogP contribution in [0.2, 0.25) is 0 Å². The first-order valence-electron chi connectivity index (χ1n) is 15.5. The molecule has 4 aromatic rings. The summed E-state index contributed by atoms with van der Waals surface area (Å²) in [6.45, 7) is 10.7. The molecule has 0 aromatic heterocycles. The molecule has 0 saturated heterocycles. The first kappa shape index (κ1) is 34.6. The molecule has 1 aliphatic carbocycles. The van der Waals surface area contributed by atoms with E-state index in [0.29, 0.717) is 50.2 Å². The molecular formula is C37H36N4O7S2. The SMILES string of the molecule is Cc1cc(C)c(Nc2ccc3c(-c4ccccc4S(=O)(=O)O)c4cc/c(=N\c5c(C)c(N)c(C)c(S(=O)(=O)O)c5C)cc-4oc3c2)c(C)c1N. The molecule has 2 aliphatic rings. The number of anilines is 4. The molecule has 0 spiro atoms. The van der Waals surface area contributed by atoms with Crippen LogP contribution in [0.15, 0.2) is 85.9 Å². The maximum absolute atomic E-state index is 12.6. The van der Waals surface area contributed by atoms with Crippen molar-refractivity contribution in [3.05, 3.63) is 105 Å². The van der Waals surface area contributed by atoms with Gasteiger partial charge >= 0.3 is 0 Å². The number of nitrogens with two attached hydrogens (primary N) is 2. The fraction of sp³-hybridized carbons (Fsp3) is 0.162. The molecule has 0 radical (unpaired) electrons. The van der Waals surface area contributed by atoms with Gasteiger partial charge in [-0.15, -0.1) is 0 Å². The van der Waals surface area contributed by atoms with E-state index in [4.69, 9.17) is 20.9 Å². The van der Waals surface area contributed by atoms with Gasteiger partial charge in [0.25, 0.3) is 20.2 Å². The normalized spacial score (nSPS) is 12.6. The van der Waals surface area contributed by atoms with Gasteiger partial charge in [0, 0.05) is 57.0 Å². The summed E-state index contributed by atoms with van der Waals surface area (Å²) in [4.78, 5) is 4.16. The summed E-state index contributed by atoms with van der Waals surface area (Å²) in [5.74, 6) is 0.327. The van der Waals surface area contributed by atoms with E-state index in [9.17, 15) is 25.9 Å². The summed E-state index contributed by atoms with van der Waals surface area (Å²) in [6, 6.07) is 18.6. The number of hydrogen-bond donors (Lipinski definition) is 5. The molecule has 6 rings (SSSR count). The van der Waals surface area contributed by atoms with Crippen molar-refractivity contribution in [2.45, 2.75) is 51.3 Å². The predicted molar refractivity (Wildman–Crippen MR) is 197 cm³/mol. The van der Waals surface area contributed by atoms with Crippen molar-refractivity contribution in [2.75, 3.05) is 16.8 Å². The van der Waals surface area contributed by atoms with Crippen LogP contribution in [0.5, 0.6) is 0 Å². The van der Waals surface area contributed by atoms with E-state index in [1.807, 2.05) is 39.0 Å². The Morgan fingerprint density at radius 2 is 1.40 bits per heavy atom. The van der Waals surface area contributed by atoms with E-state index < -0.39 is 20.2 Å². The van der Waals surface area contributed by atoms with Crippen LogP contribution in [0.25, 0.3) is 33.4 Å². The Bertz CT molecular complexity index is 2660. The molecule has 4 aromatic carbocycles. The maximum atomic E-state index is 12.6. The van der Waals surface area contributed by atoms with Gasteiger partial charge in [-0.05, 0) is 105 Å². The van der Waals surface area contributed by atoms with Gasteiger partial charge in [-0.2, -0.15) is 16.8 Å². The molecule has 1 aliphatic heterocycles. The van der Waals surface area contributed by atoms with Crippen LogP contribution in [-0.2, 0) is 20.2 Å². The number of hydrogen-bond acceptors (Lipinski definition) is 9. The first-order valence-corrected chi connectivity index (χ1v) is 18.4. The van der Waals surface area contributed by atoms with Crippen molar-refractivity contribution < 1.29 is 30.4 Å². The van der Waals surface area contributed by atoms with Crippen molar-refractivity contribution in [1.82, 2.24) is 0 Å². The molecule has 0 unspecified atom stereocenters. The number of rotatable bonds is 6. The summed E-state index contributed by atoms with van der Waals surface area (Å²) in [7, 11) is -9.23. The zero-order valence-electron chi connectivity index (χ0n) is 28.2. The highest BCUT2D eigenvalue weighted by atomic mass is 32.2. The van der Waals surface area contributed by atoms with Gasteiger partial charge in [0.2, 0.25) is 0 Å². The van der Waals surface area contributed by atoms with Crippen molar-refractivity contribution in [3.63, 3.8) is 0 Å². The smallest absolute Gasteiger partial charge is 0.295 e. The molecule has 1 heterocycles. The lowest BCUT2D eigenvalue weighted by Gasteiger charge is -2.19. The van der Waals surface area contributed by atoms with Crippen molar-refractivity contribution in [3.8, 4) is 22.5 Å². The lowest BCUT2D eigenvalue weighted by molar-refractivity contribution is 0.480. The van der Waals surface area contributed by atoms with Crippen LogP contribution in [-0.4, -0.2) is 25.9 Å². The third-order valence-corrected chi connectivity index (χ3v) is 11.2. The number of nitrogens with one attached hydrogen (secondary N) is 1. The fourth-order valence-electron chi connectivity index (χ4n) is 6.64. The lowest BCUT2D eigenvalue weighted by Crippen LogP contribution is -2.10. The van der Waals surface area contributed by atoms with Gasteiger partial charge in [0.15, 0.2) is 0 Å². The second-order valence-electron chi connectivity index (χ2n) is 12.4. The van der Waals surface area contributed by atoms with Crippen molar-refractivity contribution in [1.29, 1.82) is 0 Å². The third kappa shape index (κ3) is 5.98. The van der Waals surface area contributed by atoms with E-state index in [1.54, 1.807) is 50.2 Å². The zero-order chi connectivity index (χ0) is 36.4. The van der Waals surface area contributed by atoms with Crippen molar-refractivity contribution in [2.24, 2.45) is 4.99 Å². The monoisotopic (exact) mass is 712 g/mol. The molecular weight excluding hydrogens is 677 g/mol. The molecule has 0 bridgehead atoms.